The molecule has 1 N–H and O–H groups in total. The Balaban J connectivity index is 1.78. The molecule has 3 aromatic rings. The summed E-state index contributed by atoms with van der Waals surface area (Å²) in [7, 11) is 1.65. The normalized spacial score (nSPS) is 16.7. The molecule has 0 saturated heterocycles. The van der Waals surface area contributed by atoms with E-state index in [0.29, 0.717) is 35.5 Å². The molecule has 0 saturated carbocycles. The zero-order valence-corrected chi connectivity index (χ0v) is 17.4. The highest BCUT2D eigenvalue weighted by atomic mass is 32.1. The minimum absolute atomic E-state index is 0.237. The number of hydrogen-bond acceptors (Lipinski definition) is 5. The van der Waals surface area contributed by atoms with Crippen LogP contribution in [0.3, 0.4) is 0 Å². The van der Waals surface area contributed by atoms with Crippen LogP contribution in [0.2, 0.25) is 0 Å². The Hall–Kier alpha value is -3.10. The summed E-state index contributed by atoms with van der Waals surface area (Å²) in [6.07, 6.45) is 0. The number of nitrogens with zero attached hydrogens (tertiary/aromatic N) is 3. The van der Waals surface area contributed by atoms with Gasteiger partial charge in [-0.1, -0.05) is 35.5 Å². The number of nitrogens with one attached hydrogen (secondary N) is 1. The van der Waals surface area contributed by atoms with Gasteiger partial charge in [0, 0.05) is 24.9 Å². The molecule has 0 aliphatic carbocycles. The Morgan fingerprint density at radius 3 is 2.60 bits per heavy atom. The van der Waals surface area contributed by atoms with Gasteiger partial charge in [-0.05, 0) is 49.0 Å². The van der Waals surface area contributed by atoms with Gasteiger partial charge in [0.25, 0.3) is 5.89 Å². The third kappa shape index (κ3) is 3.96. The molecule has 154 valence electrons. The Labute approximate surface area is 179 Å². The molecular weight excluding hydrogens is 403 g/mol. The van der Waals surface area contributed by atoms with Gasteiger partial charge in [-0.25, -0.2) is 4.39 Å². The van der Waals surface area contributed by atoms with Gasteiger partial charge < -0.3 is 19.5 Å². The summed E-state index contributed by atoms with van der Waals surface area (Å²) in [5, 5.41) is 8.12. The van der Waals surface area contributed by atoms with Crippen molar-refractivity contribution in [1.82, 2.24) is 20.4 Å². The lowest BCUT2D eigenvalue weighted by Gasteiger charge is -2.37. The minimum Gasteiger partial charge on any atom is -0.383 e. The van der Waals surface area contributed by atoms with E-state index in [4.69, 9.17) is 21.5 Å². The van der Waals surface area contributed by atoms with E-state index in [2.05, 4.69) is 15.5 Å². The number of aromatic nitrogens is 2. The summed E-state index contributed by atoms with van der Waals surface area (Å²) in [6.45, 7) is 3.10. The fraction of sp³-hybridized carbons (Fsp3) is 0.227. The highest BCUT2D eigenvalue weighted by molar-refractivity contribution is 7.80. The van der Waals surface area contributed by atoms with Crippen LogP contribution in [-0.4, -0.2) is 40.4 Å². The maximum absolute atomic E-state index is 13.3. The number of halogens is 1. The third-order valence-corrected chi connectivity index (χ3v) is 5.35. The van der Waals surface area contributed by atoms with Crippen LogP contribution >= 0.6 is 12.2 Å². The maximum Gasteiger partial charge on any atom is 0.258 e. The highest BCUT2D eigenvalue weighted by Crippen LogP contribution is 2.37. The van der Waals surface area contributed by atoms with Gasteiger partial charge >= 0.3 is 0 Å². The molecule has 1 aliphatic heterocycles. The molecule has 2 heterocycles. The van der Waals surface area contributed by atoms with Crippen LogP contribution in [-0.2, 0) is 4.74 Å². The monoisotopic (exact) mass is 424 g/mol. The van der Waals surface area contributed by atoms with E-state index in [-0.39, 0.29) is 11.9 Å². The number of rotatable bonds is 6. The first-order valence-electron chi connectivity index (χ1n) is 9.51. The first-order chi connectivity index (χ1) is 14.6. The van der Waals surface area contributed by atoms with E-state index >= 15 is 0 Å². The number of allylic oxidation sites excluding steroid dienone is 1. The van der Waals surface area contributed by atoms with Crippen molar-refractivity contribution >= 4 is 22.9 Å². The number of hydrogen-bond donors (Lipinski definition) is 1. The van der Waals surface area contributed by atoms with Crippen LogP contribution in [0.4, 0.5) is 4.39 Å². The molecule has 8 heteroatoms. The second kappa shape index (κ2) is 8.73. The number of benzene rings is 2. The SMILES string of the molecule is COCCN1C(=S)NC(c2ccccc2)C(c2nc(-c3ccc(F)cc3)no2)=C1C. The molecule has 4 rings (SSSR count). The predicted octanol–water partition coefficient (Wildman–Crippen LogP) is 4.18. The average Bonchev–Trinajstić information content (AvgIpc) is 3.24. The molecule has 2 aromatic carbocycles. The van der Waals surface area contributed by atoms with Crippen molar-refractivity contribution in [2.45, 2.75) is 13.0 Å². The Kier molecular flexibility index (Phi) is 5.87. The second-order valence-electron chi connectivity index (χ2n) is 6.87. The van der Waals surface area contributed by atoms with E-state index in [0.717, 1.165) is 16.8 Å². The summed E-state index contributed by atoms with van der Waals surface area (Å²) >= 11 is 5.61. The molecule has 6 nitrogen and oxygen atoms in total. The lowest BCUT2D eigenvalue weighted by Crippen LogP contribution is -2.47. The van der Waals surface area contributed by atoms with Crippen molar-refractivity contribution in [1.29, 1.82) is 0 Å². The van der Waals surface area contributed by atoms with Crippen molar-refractivity contribution in [3.8, 4) is 11.4 Å². The van der Waals surface area contributed by atoms with E-state index in [1.807, 2.05) is 42.2 Å². The van der Waals surface area contributed by atoms with E-state index in [1.165, 1.54) is 12.1 Å². The molecule has 1 atom stereocenters. The van der Waals surface area contributed by atoms with Gasteiger partial charge in [0.15, 0.2) is 5.11 Å². The fourth-order valence-corrected chi connectivity index (χ4v) is 3.80. The zero-order valence-electron chi connectivity index (χ0n) is 16.6. The van der Waals surface area contributed by atoms with Crippen molar-refractivity contribution in [3.63, 3.8) is 0 Å². The molecular formula is C22H21FN4O2S. The largest absolute Gasteiger partial charge is 0.383 e. The van der Waals surface area contributed by atoms with Gasteiger partial charge in [-0.15, -0.1) is 0 Å². The lowest BCUT2D eigenvalue weighted by atomic mass is 9.95. The van der Waals surface area contributed by atoms with Gasteiger partial charge in [0.05, 0.1) is 18.2 Å². The topological polar surface area (TPSA) is 63.4 Å². The van der Waals surface area contributed by atoms with Gasteiger partial charge in [0.2, 0.25) is 5.82 Å². The van der Waals surface area contributed by atoms with Crippen LogP contribution in [0.5, 0.6) is 0 Å². The third-order valence-electron chi connectivity index (χ3n) is 5.01. The number of ether oxygens (including phenoxy) is 1. The highest BCUT2D eigenvalue weighted by Gasteiger charge is 2.33. The Morgan fingerprint density at radius 2 is 1.90 bits per heavy atom. The van der Waals surface area contributed by atoms with Crippen molar-refractivity contribution in [2.75, 3.05) is 20.3 Å². The number of thiocarbonyl (C=S) groups is 1. The standard InChI is InChI=1S/C22H21FN4O2S/c1-14-18(21-25-20(26-29-21)16-8-10-17(23)11-9-16)19(15-6-4-3-5-7-15)24-22(30)27(14)12-13-28-2/h3-11,19H,12-13H2,1-2H3,(H,24,30). The molecule has 0 amide bonds. The smallest absolute Gasteiger partial charge is 0.258 e. The maximum atomic E-state index is 13.3. The fourth-order valence-electron chi connectivity index (χ4n) is 3.45. The summed E-state index contributed by atoms with van der Waals surface area (Å²) in [4.78, 5) is 6.57. The van der Waals surface area contributed by atoms with Gasteiger partial charge in [-0.3, -0.25) is 0 Å². The first kappa shape index (κ1) is 20.2. The van der Waals surface area contributed by atoms with Crippen molar-refractivity contribution in [3.05, 3.63) is 77.6 Å². The Morgan fingerprint density at radius 1 is 1.17 bits per heavy atom. The van der Waals surface area contributed by atoms with Crippen LogP contribution in [0.25, 0.3) is 17.0 Å². The second-order valence-corrected chi connectivity index (χ2v) is 7.25. The summed E-state index contributed by atoms with van der Waals surface area (Å²) < 4.78 is 24.1. The Bertz CT molecular complexity index is 1070. The molecule has 1 aromatic heterocycles. The van der Waals surface area contributed by atoms with Crippen molar-refractivity contribution < 1.29 is 13.7 Å². The summed E-state index contributed by atoms with van der Waals surface area (Å²) in [6, 6.07) is 15.7. The van der Waals surface area contributed by atoms with Gasteiger partial charge in [-0.2, -0.15) is 4.98 Å². The zero-order chi connectivity index (χ0) is 21.1. The van der Waals surface area contributed by atoms with E-state index < -0.39 is 0 Å². The molecule has 0 spiro atoms. The molecule has 0 radical (unpaired) electrons. The molecule has 30 heavy (non-hydrogen) atoms. The molecule has 1 aliphatic rings. The van der Waals surface area contributed by atoms with Crippen LogP contribution in [0, 0.1) is 5.82 Å². The quantitative estimate of drug-likeness (QED) is 0.596. The number of methoxy groups -OCH3 is 1. The molecule has 0 bridgehead atoms. The predicted molar refractivity (Wildman–Crippen MR) is 116 cm³/mol. The van der Waals surface area contributed by atoms with Gasteiger partial charge in [0.1, 0.15) is 5.82 Å². The van der Waals surface area contributed by atoms with Crippen molar-refractivity contribution in [2.24, 2.45) is 0 Å². The minimum atomic E-state index is -0.316. The lowest BCUT2D eigenvalue weighted by molar-refractivity contribution is 0.183. The van der Waals surface area contributed by atoms with Crippen LogP contribution < -0.4 is 5.32 Å². The molecule has 0 fully saturated rings. The van der Waals surface area contributed by atoms with Crippen LogP contribution in [0.1, 0.15) is 24.4 Å². The molecule has 1 unspecified atom stereocenters. The van der Waals surface area contributed by atoms with E-state index in [1.54, 1.807) is 19.2 Å². The van der Waals surface area contributed by atoms with Crippen LogP contribution in [0.15, 0.2) is 64.8 Å². The van der Waals surface area contributed by atoms with E-state index in [9.17, 15) is 4.39 Å². The average molecular weight is 425 g/mol. The summed E-state index contributed by atoms with van der Waals surface area (Å²) in [5.74, 6) is 0.468. The summed E-state index contributed by atoms with van der Waals surface area (Å²) in [5.41, 5.74) is 3.46. The first-order valence-corrected chi connectivity index (χ1v) is 9.92.